The second-order valence-corrected chi connectivity index (χ2v) is 6.53. The Morgan fingerprint density at radius 2 is 2.14 bits per heavy atom. The second kappa shape index (κ2) is 5.85. The topological polar surface area (TPSA) is 96.0 Å². The van der Waals surface area contributed by atoms with E-state index in [0.29, 0.717) is 22.6 Å². The minimum Gasteiger partial charge on any atom is -0.361 e. The molecule has 0 aliphatic heterocycles. The molecule has 0 aliphatic rings. The van der Waals surface area contributed by atoms with Crippen LogP contribution in [0.15, 0.2) is 27.6 Å². The van der Waals surface area contributed by atoms with Gasteiger partial charge in [0, 0.05) is 12.1 Å². The van der Waals surface area contributed by atoms with Gasteiger partial charge in [0.15, 0.2) is 0 Å². The van der Waals surface area contributed by atoms with Crippen molar-refractivity contribution in [1.29, 1.82) is 5.26 Å². The van der Waals surface area contributed by atoms with Crippen LogP contribution in [0, 0.1) is 25.2 Å². The van der Waals surface area contributed by atoms with Crippen molar-refractivity contribution in [1.82, 2.24) is 9.88 Å². The van der Waals surface area contributed by atoms with E-state index >= 15 is 0 Å². The largest absolute Gasteiger partial charge is 0.361 e. The van der Waals surface area contributed by atoms with Gasteiger partial charge in [-0.05, 0) is 32.0 Å². The number of sulfonamides is 1. The predicted octanol–water partition coefficient (Wildman–Crippen LogP) is 2.30. The Bertz CT molecular complexity index is 802. The van der Waals surface area contributed by atoms with Crippen molar-refractivity contribution in [3.8, 4) is 6.07 Å². The van der Waals surface area contributed by atoms with Crippen LogP contribution in [0.25, 0.3) is 0 Å². The lowest BCUT2D eigenvalue weighted by Crippen LogP contribution is -2.24. The van der Waals surface area contributed by atoms with Gasteiger partial charge in [0.05, 0.1) is 22.3 Å². The highest BCUT2D eigenvalue weighted by molar-refractivity contribution is 7.89. The van der Waals surface area contributed by atoms with Crippen LogP contribution in [0.4, 0.5) is 0 Å². The van der Waals surface area contributed by atoms with Crippen molar-refractivity contribution >= 4 is 21.6 Å². The maximum absolute atomic E-state index is 12.2. The average Bonchev–Trinajstić information content (AvgIpc) is 2.75. The Balaban J connectivity index is 2.25. The summed E-state index contributed by atoms with van der Waals surface area (Å²) in [6.45, 7) is 3.49. The third-order valence-corrected chi connectivity index (χ3v) is 4.85. The summed E-state index contributed by atoms with van der Waals surface area (Å²) in [7, 11) is -3.79. The molecule has 0 saturated carbocycles. The fourth-order valence-electron chi connectivity index (χ4n) is 1.79. The van der Waals surface area contributed by atoms with Crippen molar-refractivity contribution in [3.63, 3.8) is 0 Å². The molecule has 0 aliphatic carbocycles. The minimum atomic E-state index is -3.79. The summed E-state index contributed by atoms with van der Waals surface area (Å²) in [4.78, 5) is -0.0741. The summed E-state index contributed by atoms with van der Waals surface area (Å²) in [5, 5.41) is 12.5. The number of nitrogens with one attached hydrogen (secondary N) is 1. The Morgan fingerprint density at radius 3 is 2.67 bits per heavy atom. The molecule has 8 heteroatoms. The van der Waals surface area contributed by atoms with E-state index in [0.717, 1.165) is 0 Å². The first-order valence-corrected chi connectivity index (χ1v) is 7.82. The summed E-state index contributed by atoms with van der Waals surface area (Å²) in [5.74, 6) is 0.557. The number of aryl methyl sites for hydroxylation is 2. The quantitative estimate of drug-likeness (QED) is 0.930. The molecule has 1 N–H and O–H groups in total. The molecule has 1 aromatic carbocycles. The first-order valence-electron chi connectivity index (χ1n) is 5.96. The summed E-state index contributed by atoms with van der Waals surface area (Å²) >= 11 is 5.91. The predicted molar refractivity (Wildman–Crippen MR) is 76.2 cm³/mol. The molecule has 1 aromatic heterocycles. The maximum atomic E-state index is 12.2. The molecule has 110 valence electrons. The van der Waals surface area contributed by atoms with E-state index in [4.69, 9.17) is 21.4 Å². The van der Waals surface area contributed by atoms with Gasteiger partial charge in [0.1, 0.15) is 10.7 Å². The van der Waals surface area contributed by atoms with E-state index < -0.39 is 10.0 Å². The fraction of sp³-hybridized carbons (Fsp3) is 0.231. The molecule has 2 rings (SSSR count). The molecule has 0 spiro atoms. The number of rotatable bonds is 4. The normalized spacial score (nSPS) is 11.3. The zero-order chi connectivity index (χ0) is 15.6. The molecule has 0 unspecified atom stereocenters. The van der Waals surface area contributed by atoms with Crippen LogP contribution in [0.3, 0.4) is 0 Å². The van der Waals surface area contributed by atoms with Gasteiger partial charge in [0.25, 0.3) is 0 Å². The van der Waals surface area contributed by atoms with E-state index in [2.05, 4.69) is 9.88 Å². The zero-order valence-electron chi connectivity index (χ0n) is 11.3. The maximum Gasteiger partial charge on any atom is 0.242 e. The average molecular weight is 326 g/mol. The molecule has 1 heterocycles. The zero-order valence-corrected chi connectivity index (χ0v) is 12.9. The molecule has 0 atom stereocenters. The standard InChI is InChI=1S/C13H12ClN3O3S/c1-8-11(9(2)20-17-8)7-16-21(18,19)13-4-3-10(6-15)5-12(13)14/h3-5,16H,7H2,1-2H3. The van der Waals surface area contributed by atoms with Crippen LogP contribution < -0.4 is 4.72 Å². The van der Waals surface area contributed by atoms with E-state index in [1.165, 1.54) is 18.2 Å². The highest BCUT2D eigenvalue weighted by atomic mass is 35.5. The van der Waals surface area contributed by atoms with Gasteiger partial charge in [-0.1, -0.05) is 16.8 Å². The Morgan fingerprint density at radius 1 is 1.43 bits per heavy atom. The van der Waals surface area contributed by atoms with Crippen LogP contribution in [0.1, 0.15) is 22.6 Å². The molecule has 21 heavy (non-hydrogen) atoms. The van der Waals surface area contributed by atoms with Crippen LogP contribution in [0.2, 0.25) is 5.02 Å². The number of hydrogen-bond acceptors (Lipinski definition) is 5. The molecular formula is C13H12ClN3O3S. The number of nitrogens with zero attached hydrogens (tertiary/aromatic N) is 2. The number of benzene rings is 1. The molecule has 0 bridgehead atoms. The van der Waals surface area contributed by atoms with Gasteiger partial charge < -0.3 is 4.52 Å². The lowest BCUT2D eigenvalue weighted by molar-refractivity contribution is 0.392. The van der Waals surface area contributed by atoms with Crippen molar-refractivity contribution in [2.75, 3.05) is 0 Å². The highest BCUT2D eigenvalue weighted by Crippen LogP contribution is 2.23. The lowest BCUT2D eigenvalue weighted by atomic mass is 10.2. The minimum absolute atomic E-state index is 0.000289. The van der Waals surface area contributed by atoms with E-state index in [9.17, 15) is 8.42 Å². The molecule has 0 radical (unpaired) electrons. The summed E-state index contributed by atoms with van der Waals surface area (Å²) < 4.78 is 31.9. The second-order valence-electron chi connectivity index (χ2n) is 4.38. The number of hydrogen-bond donors (Lipinski definition) is 1. The van der Waals surface area contributed by atoms with Crippen LogP contribution in [-0.4, -0.2) is 13.6 Å². The van der Waals surface area contributed by atoms with Gasteiger partial charge in [-0.25, -0.2) is 13.1 Å². The molecule has 0 saturated heterocycles. The Kier molecular flexibility index (Phi) is 4.32. The van der Waals surface area contributed by atoms with Crippen molar-refractivity contribution in [2.45, 2.75) is 25.3 Å². The Labute approximate surface area is 127 Å². The first kappa shape index (κ1) is 15.5. The van der Waals surface area contributed by atoms with E-state index in [-0.39, 0.29) is 16.5 Å². The van der Waals surface area contributed by atoms with Crippen molar-refractivity contribution < 1.29 is 12.9 Å². The number of nitriles is 1. The molecular weight excluding hydrogens is 314 g/mol. The van der Waals surface area contributed by atoms with Gasteiger partial charge in [-0.15, -0.1) is 0 Å². The lowest BCUT2D eigenvalue weighted by Gasteiger charge is -2.08. The molecule has 2 aromatic rings. The number of aromatic nitrogens is 1. The van der Waals surface area contributed by atoms with E-state index in [1.54, 1.807) is 13.8 Å². The van der Waals surface area contributed by atoms with Gasteiger partial charge in [-0.2, -0.15) is 5.26 Å². The molecule has 0 amide bonds. The summed E-state index contributed by atoms with van der Waals surface area (Å²) in [6.07, 6.45) is 0. The van der Waals surface area contributed by atoms with Gasteiger partial charge in [-0.3, -0.25) is 0 Å². The van der Waals surface area contributed by atoms with Gasteiger partial charge >= 0.3 is 0 Å². The number of halogens is 1. The van der Waals surface area contributed by atoms with Crippen LogP contribution in [0.5, 0.6) is 0 Å². The van der Waals surface area contributed by atoms with Gasteiger partial charge in [0.2, 0.25) is 10.0 Å². The summed E-state index contributed by atoms with van der Waals surface area (Å²) in [5.41, 5.74) is 1.61. The first-order chi connectivity index (χ1) is 9.85. The van der Waals surface area contributed by atoms with E-state index in [1.807, 2.05) is 6.07 Å². The SMILES string of the molecule is Cc1noc(C)c1CNS(=O)(=O)c1ccc(C#N)cc1Cl. The Hall–Kier alpha value is -1.88. The fourth-order valence-corrected chi connectivity index (χ4v) is 3.33. The van der Waals surface area contributed by atoms with Crippen molar-refractivity contribution in [3.05, 3.63) is 45.8 Å². The summed E-state index contributed by atoms with van der Waals surface area (Å²) in [6, 6.07) is 5.91. The highest BCUT2D eigenvalue weighted by Gasteiger charge is 2.19. The monoisotopic (exact) mass is 325 g/mol. The third-order valence-electron chi connectivity index (χ3n) is 2.97. The molecule has 0 fully saturated rings. The smallest absolute Gasteiger partial charge is 0.242 e. The van der Waals surface area contributed by atoms with Crippen molar-refractivity contribution in [2.24, 2.45) is 0 Å². The van der Waals surface area contributed by atoms with Crippen LogP contribution >= 0.6 is 11.6 Å². The molecule has 6 nitrogen and oxygen atoms in total. The van der Waals surface area contributed by atoms with Crippen LogP contribution in [-0.2, 0) is 16.6 Å². The third kappa shape index (κ3) is 3.24.